The van der Waals surface area contributed by atoms with Gasteiger partial charge in [-0.15, -0.1) is 0 Å². The van der Waals surface area contributed by atoms with Crippen LogP contribution in [-0.2, 0) is 17.8 Å². The number of carbonyl (C=O) groups excluding carboxylic acids is 1. The van der Waals surface area contributed by atoms with Gasteiger partial charge in [-0.25, -0.2) is 0 Å². The zero-order valence-corrected chi connectivity index (χ0v) is 11.2. The highest BCUT2D eigenvalue weighted by Gasteiger charge is 2.06. The van der Waals surface area contributed by atoms with Gasteiger partial charge in [-0.05, 0) is 30.5 Å². The number of nitrogen functional groups attached to an aromatic ring is 1. The number of nitrogens with one attached hydrogen (secondary N) is 2. The summed E-state index contributed by atoms with van der Waals surface area (Å²) in [7, 11) is 0. The van der Waals surface area contributed by atoms with Gasteiger partial charge in [0.15, 0.2) is 0 Å². The number of benzene rings is 1. The monoisotopic (exact) mass is 258 g/mol. The Kier molecular flexibility index (Phi) is 3.85. The molecule has 0 saturated carbocycles. The average Bonchev–Trinajstić information content (AvgIpc) is 2.77. The predicted octanol–water partition coefficient (Wildman–Crippen LogP) is 1.47. The third-order valence-corrected chi connectivity index (χ3v) is 3.16. The van der Waals surface area contributed by atoms with E-state index in [4.69, 9.17) is 5.73 Å². The van der Waals surface area contributed by atoms with Gasteiger partial charge >= 0.3 is 0 Å². The van der Waals surface area contributed by atoms with Gasteiger partial charge in [0, 0.05) is 12.1 Å². The van der Waals surface area contributed by atoms with Crippen LogP contribution in [0, 0.1) is 13.8 Å². The minimum atomic E-state index is -0.0242. The molecule has 0 spiro atoms. The van der Waals surface area contributed by atoms with Gasteiger partial charge in [0.2, 0.25) is 5.91 Å². The van der Waals surface area contributed by atoms with Gasteiger partial charge in [-0.1, -0.05) is 18.2 Å². The van der Waals surface area contributed by atoms with Crippen molar-refractivity contribution in [3.63, 3.8) is 0 Å². The minimum absolute atomic E-state index is 0.0242. The summed E-state index contributed by atoms with van der Waals surface area (Å²) in [4.78, 5) is 11.8. The highest BCUT2D eigenvalue weighted by molar-refractivity contribution is 5.78. The molecule has 5 nitrogen and oxygen atoms in total. The zero-order chi connectivity index (χ0) is 13.8. The Labute approximate surface area is 112 Å². The van der Waals surface area contributed by atoms with Crippen LogP contribution in [0.3, 0.4) is 0 Å². The Bertz CT molecular complexity index is 589. The summed E-state index contributed by atoms with van der Waals surface area (Å²) >= 11 is 0. The van der Waals surface area contributed by atoms with E-state index in [2.05, 4.69) is 22.4 Å². The first kappa shape index (κ1) is 13.1. The zero-order valence-electron chi connectivity index (χ0n) is 11.2. The molecule has 0 aliphatic rings. The number of hydrogen-bond acceptors (Lipinski definition) is 3. The van der Waals surface area contributed by atoms with Crippen LogP contribution in [0.4, 0.5) is 5.82 Å². The van der Waals surface area contributed by atoms with Crippen LogP contribution in [0.2, 0.25) is 0 Å². The highest BCUT2D eigenvalue weighted by atomic mass is 16.1. The van der Waals surface area contributed by atoms with Crippen molar-refractivity contribution < 1.29 is 4.79 Å². The Hall–Kier alpha value is -2.30. The molecule has 0 aliphatic carbocycles. The quantitative estimate of drug-likeness (QED) is 0.776. The van der Waals surface area contributed by atoms with Gasteiger partial charge in [0.25, 0.3) is 0 Å². The summed E-state index contributed by atoms with van der Waals surface area (Å²) in [5, 5.41) is 9.27. The molecule has 1 aromatic carbocycles. The summed E-state index contributed by atoms with van der Waals surface area (Å²) < 4.78 is 0. The van der Waals surface area contributed by atoms with Crippen LogP contribution in [0.5, 0.6) is 0 Å². The molecule has 0 radical (unpaired) electrons. The minimum Gasteiger partial charge on any atom is -0.384 e. The summed E-state index contributed by atoms with van der Waals surface area (Å²) in [6.45, 7) is 4.50. The van der Waals surface area contributed by atoms with Gasteiger partial charge in [0.1, 0.15) is 5.82 Å². The van der Waals surface area contributed by atoms with E-state index in [1.54, 1.807) is 6.20 Å². The number of H-pyrrole nitrogens is 1. The van der Waals surface area contributed by atoms with E-state index in [-0.39, 0.29) is 5.91 Å². The lowest BCUT2D eigenvalue weighted by Gasteiger charge is -2.06. The molecule has 0 bridgehead atoms. The Morgan fingerprint density at radius 1 is 1.37 bits per heavy atom. The molecule has 5 heteroatoms. The summed E-state index contributed by atoms with van der Waals surface area (Å²) in [6.07, 6.45) is 1.99. The van der Waals surface area contributed by atoms with Crippen molar-refractivity contribution in [3.8, 4) is 0 Å². The lowest BCUT2D eigenvalue weighted by molar-refractivity contribution is -0.120. The van der Waals surface area contributed by atoms with E-state index in [1.165, 1.54) is 11.1 Å². The van der Waals surface area contributed by atoms with Crippen molar-refractivity contribution >= 4 is 11.7 Å². The number of aromatic nitrogens is 2. The molecular weight excluding hydrogens is 240 g/mol. The maximum atomic E-state index is 11.8. The normalized spacial score (nSPS) is 10.4. The number of nitrogens with zero attached hydrogens (tertiary/aromatic N) is 1. The molecule has 0 unspecified atom stereocenters. The van der Waals surface area contributed by atoms with Crippen LogP contribution >= 0.6 is 0 Å². The molecule has 4 N–H and O–H groups in total. The topological polar surface area (TPSA) is 83.8 Å². The number of anilines is 1. The van der Waals surface area contributed by atoms with Gasteiger partial charge in [-0.3, -0.25) is 9.89 Å². The molecule has 1 aromatic heterocycles. The van der Waals surface area contributed by atoms with Crippen LogP contribution < -0.4 is 11.1 Å². The van der Waals surface area contributed by atoms with Crippen molar-refractivity contribution in [1.82, 2.24) is 15.5 Å². The van der Waals surface area contributed by atoms with Crippen molar-refractivity contribution in [3.05, 3.63) is 46.6 Å². The van der Waals surface area contributed by atoms with E-state index < -0.39 is 0 Å². The lowest BCUT2D eigenvalue weighted by Crippen LogP contribution is -2.24. The SMILES string of the molecule is Cc1ccc(CC(=O)NCc2cn[nH]c2N)cc1C. The third kappa shape index (κ3) is 3.34. The van der Waals surface area contributed by atoms with Crippen LogP contribution in [0.25, 0.3) is 0 Å². The maximum Gasteiger partial charge on any atom is 0.224 e. The van der Waals surface area contributed by atoms with E-state index in [9.17, 15) is 4.79 Å². The molecule has 100 valence electrons. The Morgan fingerprint density at radius 3 is 2.79 bits per heavy atom. The van der Waals surface area contributed by atoms with Gasteiger partial charge < -0.3 is 11.1 Å². The van der Waals surface area contributed by atoms with Crippen molar-refractivity contribution in [1.29, 1.82) is 0 Å². The summed E-state index contributed by atoms with van der Waals surface area (Å²) in [6, 6.07) is 6.06. The number of carbonyl (C=O) groups is 1. The molecule has 19 heavy (non-hydrogen) atoms. The van der Waals surface area contributed by atoms with Gasteiger partial charge in [0.05, 0.1) is 12.6 Å². The number of rotatable bonds is 4. The van der Waals surface area contributed by atoms with Crippen LogP contribution in [0.1, 0.15) is 22.3 Å². The molecule has 1 amide bonds. The van der Waals surface area contributed by atoms with Crippen molar-refractivity contribution in [2.75, 3.05) is 5.73 Å². The Balaban J connectivity index is 1.91. The van der Waals surface area contributed by atoms with Crippen LogP contribution in [0.15, 0.2) is 24.4 Å². The van der Waals surface area contributed by atoms with Crippen molar-refractivity contribution in [2.24, 2.45) is 0 Å². The van der Waals surface area contributed by atoms with E-state index in [0.717, 1.165) is 11.1 Å². The molecule has 0 saturated heterocycles. The molecule has 0 atom stereocenters. The predicted molar refractivity (Wildman–Crippen MR) is 74.5 cm³/mol. The molecule has 0 aliphatic heterocycles. The number of aryl methyl sites for hydroxylation is 2. The first-order chi connectivity index (χ1) is 9.06. The van der Waals surface area contributed by atoms with Crippen LogP contribution in [-0.4, -0.2) is 16.1 Å². The lowest BCUT2D eigenvalue weighted by atomic mass is 10.0. The fourth-order valence-corrected chi connectivity index (χ4v) is 1.82. The van der Waals surface area contributed by atoms with Crippen molar-refractivity contribution in [2.45, 2.75) is 26.8 Å². The molecule has 2 rings (SSSR count). The summed E-state index contributed by atoms with van der Waals surface area (Å²) in [5.41, 5.74) is 9.89. The molecule has 2 aromatic rings. The fourth-order valence-electron chi connectivity index (χ4n) is 1.82. The summed E-state index contributed by atoms with van der Waals surface area (Å²) in [5.74, 6) is 0.468. The Morgan fingerprint density at radius 2 is 2.16 bits per heavy atom. The van der Waals surface area contributed by atoms with E-state index >= 15 is 0 Å². The largest absolute Gasteiger partial charge is 0.384 e. The smallest absolute Gasteiger partial charge is 0.224 e. The molecule has 1 heterocycles. The third-order valence-electron chi connectivity index (χ3n) is 3.16. The maximum absolute atomic E-state index is 11.8. The number of amides is 1. The number of aromatic amines is 1. The second kappa shape index (κ2) is 5.56. The van der Waals surface area contributed by atoms with E-state index in [1.807, 2.05) is 25.1 Å². The first-order valence-corrected chi connectivity index (χ1v) is 6.17. The fraction of sp³-hybridized carbons (Fsp3) is 0.286. The standard InChI is InChI=1S/C14H18N4O/c1-9-3-4-11(5-10(9)2)6-13(19)16-7-12-8-17-18-14(12)15/h3-5,8H,6-7H2,1-2H3,(H,16,19)(H3,15,17,18). The first-order valence-electron chi connectivity index (χ1n) is 6.17. The number of hydrogen-bond donors (Lipinski definition) is 3. The molecule has 0 fully saturated rings. The molecular formula is C14H18N4O. The second-order valence-corrected chi connectivity index (χ2v) is 4.68. The number of nitrogens with two attached hydrogens (primary N) is 1. The average molecular weight is 258 g/mol. The van der Waals surface area contributed by atoms with E-state index in [0.29, 0.717) is 18.8 Å². The highest BCUT2D eigenvalue weighted by Crippen LogP contribution is 2.10. The van der Waals surface area contributed by atoms with Gasteiger partial charge in [-0.2, -0.15) is 5.10 Å². The second-order valence-electron chi connectivity index (χ2n) is 4.68.